The molecule has 178 valence electrons. The van der Waals surface area contributed by atoms with Crippen molar-refractivity contribution in [2.45, 2.75) is 0 Å². The Morgan fingerprint density at radius 3 is 2.59 bits per heavy atom. The van der Waals surface area contributed by atoms with Gasteiger partial charge in [0, 0.05) is 54.6 Å². The summed E-state index contributed by atoms with van der Waals surface area (Å²) < 4.78 is 16.5. The number of carbonyl (C=O) groups excluding carboxylic acids is 2. The Kier molecular flexibility index (Phi) is 7.41. The van der Waals surface area contributed by atoms with E-state index in [-0.39, 0.29) is 11.9 Å². The normalized spacial score (nSPS) is 13.9. The summed E-state index contributed by atoms with van der Waals surface area (Å²) in [6.07, 6.45) is 1.57. The van der Waals surface area contributed by atoms with Crippen LogP contribution in [0.1, 0.15) is 20.7 Å². The number of hydrogen-bond acceptors (Lipinski definition) is 8. The maximum atomic E-state index is 12.7. The zero-order chi connectivity index (χ0) is 23.9. The second kappa shape index (κ2) is 10.8. The second-order valence-corrected chi connectivity index (χ2v) is 7.76. The predicted molar refractivity (Wildman–Crippen MR) is 126 cm³/mol. The minimum atomic E-state index is -0.495. The minimum Gasteiger partial charge on any atom is -0.497 e. The highest BCUT2D eigenvalue weighted by Crippen LogP contribution is 2.27. The van der Waals surface area contributed by atoms with Crippen molar-refractivity contribution in [3.8, 4) is 17.1 Å². The molecule has 0 radical (unpaired) electrons. The lowest BCUT2D eigenvalue weighted by atomic mass is 10.1. The molecule has 2 aromatic carbocycles. The van der Waals surface area contributed by atoms with Gasteiger partial charge in [-0.25, -0.2) is 4.98 Å². The third-order valence-electron chi connectivity index (χ3n) is 5.43. The van der Waals surface area contributed by atoms with E-state index >= 15 is 0 Å². The molecule has 1 aromatic heterocycles. The van der Waals surface area contributed by atoms with Crippen LogP contribution in [-0.4, -0.2) is 68.2 Å². The van der Waals surface area contributed by atoms with Gasteiger partial charge >= 0.3 is 0 Å². The van der Waals surface area contributed by atoms with E-state index in [1.807, 2.05) is 0 Å². The van der Waals surface area contributed by atoms with E-state index < -0.39 is 5.91 Å². The van der Waals surface area contributed by atoms with Gasteiger partial charge in [0.25, 0.3) is 11.9 Å². The van der Waals surface area contributed by atoms with Crippen LogP contribution >= 0.6 is 0 Å². The van der Waals surface area contributed by atoms with Gasteiger partial charge in [-0.15, -0.1) is 0 Å². The molecule has 0 aliphatic carbocycles. The molecule has 1 saturated heterocycles. The highest BCUT2D eigenvalue weighted by Gasteiger charge is 2.14. The van der Waals surface area contributed by atoms with Crippen molar-refractivity contribution in [1.29, 1.82) is 0 Å². The molecule has 34 heavy (non-hydrogen) atoms. The molecule has 1 fully saturated rings. The van der Waals surface area contributed by atoms with E-state index in [0.717, 1.165) is 38.4 Å². The molecule has 0 spiro atoms. The number of hydrogen-bond donors (Lipinski definition) is 3. The molecule has 1 aliphatic rings. The van der Waals surface area contributed by atoms with Crippen molar-refractivity contribution in [3.05, 3.63) is 59.8 Å². The summed E-state index contributed by atoms with van der Waals surface area (Å²) in [5.41, 5.74) is 7.49. The first-order valence-electron chi connectivity index (χ1n) is 10.9. The lowest BCUT2D eigenvalue weighted by molar-refractivity contribution is 0.0383. The van der Waals surface area contributed by atoms with Crippen LogP contribution in [0.3, 0.4) is 0 Å². The van der Waals surface area contributed by atoms with Gasteiger partial charge in [0.05, 0.1) is 26.5 Å². The highest BCUT2D eigenvalue weighted by atomic mass is 16.5. The minimum absolute atomic E-state index is 0.196. The van der Waals surface area contributed by atoms with E-state index in [1.54, 1.807) is 48.7 Å². The Hall–Kier alpha value is -3.89. The Morgan fingerprint density at radius 2 is 1.88 bits per heavy atom. The number of primary amides is 1. The predicted octanol–water partition coefficient (Wildman–Crippen LogP) is 2.25. The molecule has 4 N–H and O–H groups in total. The number of methoxy groups -OCH3 is 1. The zero-order valence-corrected chi connectivity index (χ0v) is 18.9. The van der Waals surface area contributed by atoms with Gasteiger partial charge in [0.2, 0.25) is 5.91 Å². The number of nitrogens with one attached hydrogen (secondary N) is 2. The molecule has 2 heterocycles. The van der Waals surface area contributed by atoms with Crippen LogP contribution in [0.5, 0.6) is 5.75 Å². The Morgan fingerprint density at radius 1 is 1.12 bits per heavy atom. The van der Waals surface area contributed by atoms with Gasteiger partial charge in [-0.1, -0.05) is 12.1 Å². The fourth-order valence-corrected chi connectivity index (χ4v) is 3.56. The number of nitrogens with two attached hydrogens (primary N) is 1. The number of ether oxygens (including phenoxy) is 2. The molecule has 1 aliphatic heterocycles. The van der Waals surface area contributed by atoms with Crippen LogP contribution in [0.15, 0.2) is 53.1 Å². The molecule has 0 unspecified atom stereocenters. The van der Waals surface area contributed by atoms with Crippen molar-refractivity contribution >= 4 is 23.5 Å². The van der Waals surface area contributed by atoms with E-state index in [1.165, 1.54) is 7.11 Å². The standard InChI is InChI=1S/C24H27N5O5/c1-32-20-13-18(23(31)26-6-7-29-8-10-33-11-9-29)12-19(14-20)28-24-27-15-21(34-24)16-2-4-17(5-3-16)22(25)30/h2-5,12-15H,6-11H2,1H3,(H2,25,30)(H,26,31)(H,27,28). The second-order valence-electron chi connectivity index (χ2n) is 7.76. The first kappa shape index (κ1) is 23.3. The molecule has 10 heteroatoms. The highest BCUT2D eigenvalue weighted by molar-refractivity contribution is 5.96. The topological polar surface area (TPSA) is 132 Å². The van der Waals surface area contributed by atoms with Crippen LogP contribution in [0.25, 0.3) is 11.3 Å². The van der Waals surface area contributed by atoms with E-state index in [0.29, 0.717) is 34.9 Å². The third-order valence-corrected chi connectivity index (χ3v) is 5.43. The van der Waals surface area contributed by atoms with Gasteiger partial charge < -0.3 is 30.3 Å². The van der Waals surface area contributed by atoms with Crippen molar-refractivity contribution in [3.63, 3.8) is 0 Å². The fraction of sp³-hybridized carbons (Fsp3) is 0.292. The monoisotopic (exact) mass is 465 g/mol. The molecule has 0 bridgehead atoms. The Labute approximate surface area is 197 Å². The number of aromatic nitrogens is 1. The maximum Gasteiger partial charge on any atom is 0.299 e. The van der Waals surface area contributed by atoms with Gasteiger partial charge in [-0.2, -0.15) is 0 Å². The third kappa shape index (κ3) is 5.91. The molecule has 2 amide bonds. The van der Waals surface area contributed by atoms with Crippen LogP contribution < -0.4 is 21.1 Å². The SMILES string of the molecule is COc1cc(Nc2ncc(-c3ccc(C(N)=O)cc3)o2)cc(C(=O)NCCN2CCOCC2)c1. The quantitative estimate of drug-likeness (QED) is 0.438. The maximum absolute atomic E-state index is 12.7. The Balaban J connectivity index is 1.41. The number of rotatable bonds is 9. The smallest absolute Gasteiger partial charge is 0.299 e. The summed E-state index contributed by atoms with van der Waals surface area (Å²) >= 11 is 0. The van der Waals surface area contributed by atoms with Crippen molar-refractivity contribution in [2.24, 2.45) is 5.73 Å². The summed E-state index contributed by atoms with van der Waals surface area (Å²) in [6, 6.07) is 12.1. The average Bonchev–Trinajstić information content (AvgIpc) is 3.32. The number of nitrogens with zero attached hydrogens (tertiary/aromatic N) is 2. The number of carbonyl (C=O) groups is 2. The zero-order valence-electron chi connectivity index (χ0n) is 18.9. The van der Waals surface area contributed by atoms with Crippen LogP contribution in [0, 0.1) is 0 Å². The largest absolute Gasteiger partial charge is 0.497 e. The van der Waals surface area contributed by atoms with E-state index in [2.05, 4.69) is 20.5 Å². The number of oxazole rings is 1. The van der Waals surface area contributed by atoms with Crippen LogP contribution in [0.4, 0.5) is 11.7 Å². The lowest BCUT2D eigenvalue weighted by Gasteiger charge is -2.26. The van der Waals surface area contributed by atoms with Crippen molar-refractivity contribution in [1.82, 2.24) is 15.2 Å². The van der Waals surface area contributed by atoms with Gasteiger partial charge in [0.15, 0.2) is 5.76 Å². The van der Waals surface area contributed by atoms with Gasteiger partial charge in [-0.05, 0) is 24.3 Å². The number of benzene rings is 2. The number of anilines is 2. The molecule has 3 aromatic rings. The molecule has 0 saturated carbocycles. The first-order valence-corrected chi connectivity index (χ1v) is 10.9. The van der Waals surface area contributed by atoms with Crippen molar-refractivity contribution in [2.75, 3.05) is 51.8 Å². The molecule has 0 atom stereocenters. The average molecular weight is 466 g/mol. The molecular weight excluding hydrogens is 438 g/mol. The summed E-state index contributed by atoms with van der Waals surface area (Å²) in [5, 5.41) is 6.02. The lowest BCUT2D eigenvalue weighted by Crippen LogP contribution is -2.41. The van der Waals surface area contributed by atoms with Gasteiger partial charge in [-0.3, -0.25) is 14.5 Å². The van der Waals surface area contributed by atoms with Crippen LogP contribution in [0.2, 0.25) is 0 Å². The summed E-state index contributed by atoms with van der Waals surface area (Å²) in [7, 11) is 1.54. The fourth-order valence-electron chi connectivity index (χ4n) is 3.56. The number of morpholine rings is 1. The molecule has 10 nitrogen and oxygen atoms in total. The summed E-state index contributed by atoms with van der Waals surface area (Å²) in [5.74, 6) is 0.350. The van der Waals surface area contributed by atoms with Crippen LogP contribution in [-0.2, 0) is 4.74 Å². The summed E-state index contributed by atoms with van der Waals surface area (Å²) in [4.78, 5) is 30.5. The number of amides is 2. The Bertz CT molecular complexity index is 1140. The molecular formula is C24H27N5O5. The van der Waals surface area contributed by atoms with Crippen molar-refractivity contribution < 1.29 is 23.5 Å². The summed E-state index contributed by atoms with van der Waals surface area (Å²) in [6.45, 7) is 4.49. The van der Waals surface area contributed by atoms with E-state index in [4.69, 9.17) is 19.6 Å². The molecule has 4 rings (SSSR count). The van der Waals surface area contributed by atoms with Gasteiger partial charge in [0.1, 0.15) is 5.75 Å². The van der Waals surface area contributed by atoms with E-state index in [9.17, 15) is 9.59 Å². The first-order chi connectivity index (χ1) is 16.5.